The minimum Gasteiger partial charge on any atom is -0.462 e. The first-order chi connectivity index (χ1) is 16.3. The van der Waals surface area contributed by atoms with E-state index < -0.39 is 16.0 Å². The van der Waals surface area contributed by atoms with Gasteiger partial charge in [-0.05, 0) is 49.4 Å². The zero-order valence-corrected chi connectivity index (χ0v) is 19.2. The number of nitrogens with one attached hydrogen (secondary N) is 2. The average molecular weight is 480 g/mol. The molecule has 0 saturated heterocycles. The highest BCUT2D eigenvalue weighted by Gasteiger charge is 2.25. The lowest BCUT2D eigenvalue weighted by molar-refractivity contribution is -0.114. The molecule has 0 aliphatic carbocycles. The maximum atomic E-state index is 13.1. The fourth-order valence-electron chi connectivity index (χ4n) is 3.26. The average Bonchev–Trinajstić information content (AvgIpc) is 3.21. The van der Waals surface area contributed by atoms with E-state index >= 15 is 0 Å². The fourth-order valence-corrected chi connectivity index (χ4v) is 4.32. The molecule has 1 amide bonds. The fraction of sp³-hybridized carbons (Fsp3) is 0.130. The number of hydrogen-bond acceptors (Lipinski definition) is 7. The quantitative estimate of drug-likeness (QED) is 0.388. The molecule has 0 aliphatic rings. The number of carbonyl (C=O) groups is 2. The molecule has 0 unspecified atom stereocenters. The van der Waals surface area contributed by atoms with Gasteiger partial charge in [-0.1, -0.05) is 18.2 Å². The monoisotopic (exact) mass is 479 g/mol. The Morgan fingerprint density at radius 3 is 2.47 bits per heavy atom. The van der Waals surface area contributed by atoms with Crippen LogP contribution in [0.2, 0.25) is 0 Å². The smallest absolute Gasteiger partial charge is 0.343 e. The van der Waals surface area contributed by atoms with Crippen LogP contribution in [0.4, 0.5) is 11.5 Å². The highest BCUT2D eigenvalue weighted by Crippen LogP contribution is 2.25. The number of sulfonamides is 1. The van der Waals surface area contributed by atoms with E-state index in [-0.39, 0.29) is 28.8 Å². The third-order valence-corrected chi connectivity index (χ3v) is 6.14. The van der Waals surface area contributed by atoms with Crippen LogP contribution in [0.15, 0.2) is 71.8 Å². The summed E-state index contributed by atoms with van der Waals surface area (Å²) in [4.78, 5) is 28.2. The molecule has 0 atom stereocenters. The first kappa shape index (κ1) is 22.9. The van der Waals surface area contributed by atoms with Crippen molar-refractivity contribution in [1.82, 2.24) is 14.8 Å². The van der Waals surface area contributed by atoms with Crippen molar-refractivity contribution in [3.05, 3.63) is 72.4 Å². The molecular weight excluding hydrogens is 458 g/mol. The Hall–Kier alpha value is -4.25. The highest BCUT2D eigenvalue weighted by atomic mass is 32.2. The number of rotatable bonds is 7. The van der Waals surface area contributed by atoms with E-state index in [1.54, 1.807) is 13.0 Å². The molecule has 11 heteroatoms. The predicted molar refractivity (Wildman–Crippen MR) is 126 cm³/mol. The summed E-state index contributed by atoms with van der Waals surface area (Å²) < 4.78 is 35.1. The van der Waals surface area contributed by atoms with Crippen molar-refractivity contribution < 1.29 is 22.7 Å². The van der Waals surface area contributed by atoms with Crippen LogP contribution in [-0.2, 0) is 19.6 Å². The lowest BCUT2D eigenvalue weighted by atomic mass is 10.2. The van der Waals surface area contributed by atoms with E-state index in [2.05, 4.69) is 20.1 Å². The van der Waals surface area contributed by atoms with Gasteiger partial charge in [0.05, 0.1) is 23.2 Å². The van der Waals surface area contributed by atoms with E-state index in [4.69, 9.17) is 4.74 Å². The third kappa shape index (κ3) is 4.74. The number of ether oxygens (including phenoxy) is 1. The second kappa shape index (κ2) is 9.32. The lowest BCUT2D eigenvalue weighted by Gasteiger charge is -2.13. The standard InChI is InChI=1S/C23H21N5O5S/c1-3-33-23(30)19-14-24-28(21-13-8-16-6-4-5-7-20(16)26-21)22(19)27-34(31,32)18-11-9-17(10-12-18)25-15(2)29/h4-14,27H,3H2,1-2H3,(H,25,29). The number of aromatic nitrogens is 3. The van der Waals surface area contributed by atoms with Crippen LogP contribution < -0.4 is 10.0 Å². The number of anilines is 2. The molecule has 0 fully saturated rings. The zero-order chi connectivity index (χ0) is 24.3. The zero-order valence-electron chi connectivity index (χ0n) is 18.3. The molecule has 4 aromatic rings. The van der Waals surface area contributed by atoms with Crippen molar-refractivity contribution in [2.45, 2.75) is 18.7 Å². The molecule has 34 heavy (non-hydrogen) atoms. The van der Waals surface area contributed by atoms with Crippen molar-refractivity contribution in [2.75, 3.05) is 16.6 Å². The summed E-state index contributed by atoms with van der Waals surface area (Å²) in [6.45, 7) is 3.10. The Morgan fingerprint density at radius 1 is 1.03 bits per heavy atom. The molecule has 2 aromatic carbocycles. The molecule has 174 valence electrons. The molecular formula is C23H21N5O5S. The maximum Gasteiger partial charge on any atom is 0.343 e. The van der Waals surface area contributed by atoms with Gasteiger partial charge in [-0.2, -0.15) is 9.78 Å². The Balaban J connectivity index is 1.76. The van der Waals surface area contributed by atoms with Crippen molar-refractivity contribution in [2.24, 2.45) is 0 Å². The Kier molecular flexibility index (Phi) is 6.28. The summed E-state index contributed by atoms with van der Waals surface area (Å²) in [5.74, 6) is -0.798. The largest absolute Gasteiger partial charge is 0.462 e. The van der Waals surface area contributed by atoms with E-state index in [9.17, 15) is 18.0 Å². The van der Waals surface area contributed by atoms with Crippen molar-refractivity contribution in [3.8, 4) is 5.82 Å². The van der Waals surface area contributed by atoms with Crippen molar-refractivity contribution >= 4 is 44.3 Å². The second-order valence-corrected chi connectivity index (χ2v) is 8.89. The van der Waals surface area contributed by atoms with E-state index in [1.807, 2.05) is 30.3 Å². The summed E-state index contributed by atoms with van der Waals surface area (Å²) in [6, 6.07) is 16.5. The first-order valence-corrected chi connectivity index (χ1v) is 11.8. The summed E-state index contributed by atoms with van der Waals surface area (Å²) in [5.41, 5.74) is 1.06. The lowest BCUT2D eigenvalue weighted by Crippen LogP contribution is -2.19. The minimum atomic E-state index is -4.13. The first-order valence-electron chi connectivity index (χ1n) is 10.3. The summed E-state index contributed by atoms with van der Waals surface area (Å²) in [5, 5.41) is 7.67. The third-order valence-electron chi connectivity index (χ3n) is 4.78. The van der Waals surface area contributed by atoms with Gasteiger partial charge in [-0.3, -0.25) is 9.52 Å². The number of esters is 1. The van der Waals surface area contributed by atoms with Gasteiger partial charge in [0, 0.05) is 18.0 Å². The van der Waals surface area contributed by atoms with Gasteiger partial charge < -0.3 is 10.1 Å². The van der Waals surface area contributed by atoms with Crippen molar-refractivity contribution in [3.63, 3.8) is 0 Å². The van der Waals surface area contributed by atoms with Crippen LogP contribution in [0, 0.1) is 0 Å². The number of para-hydroxylation sites is 1. The molecule has 0 bridgehead atoms. The topological polar surface area (TPSA) is 132 Å². The summed E-state index contributed by atoms with van der Waals surface area (Å²) in [6.07, 6.45) is 1.23. The number of fused-ring (bicyclic) bond motifs is 1. The molecule has 0 radical (unpaired) electrons. The van der Waals surface area contributed by atoms with Gasteiger partial charge in [0.2, 0.25) is 5.91 Å². The van der Waals surface area contributed by atoms with E-state index in [1.165, 1.54) is 42.1 Å². The Bertz CT molecular complexity index is 1480. The van der Waals surface area contributed by atoms with E-state index in [0.29, 0.717) is 17.0 Å². The number of benzene rings is 2. The number of hydrogen-bond donors (Lipinski definition) is 2. The molecule has 4 rings (SSSR count). The van der Waals surface area contributed by atoms with Crippen LogP contribution in [0.3, 0.4) is 0 Å². The highest BCUT2D eigenvalue weighted by molar-refractivity contribution is 7.92. The number of amides is 1. The molecule has 10 nitrogen and oxygen atoms in total. The van der Waals surface area contributed by atoms with Crippen LogP contribution >= 0.6 is 0 Å². The minimum absolute atomic E-state index is 0.0600. The molecule has 2 N–H and O–H groups in total. The van der Waals surface area contributed by atoms with E-state index in [0.717, 1.165) is 5.39 Å². The van der Waals surface area contributed by atoms with Gasteiger partial charge in [0.25, 0.3) is 10.0 Å². The summed E-state index contributed by atoms with van der Waals surface area (Å²) >= 11 is 0. The normalized spacial score (nSPS) is 11.2. The number of nitrogens with zero attached hydrogens (tertiary/aromatic N) is 3. The van der Waals surface area contributed by atoms with Crippen LogP contribution in [0.1, 0.15) is 24.2 Å². The Labute approximate surface area is 195 Å². The number of carbonyl (C=O) groups excluding carboxylic acids is 2. The maximum absolute atomic E-state index is 13.1. The van der Waals surface area contributed by atoms with Gasteiger partial charge >= 0.3 is 5.97 Å². The van der Waals surface area contributed by atoms with Gasteiger partial charge in [0.15, 0.2) is 11.6 Å². The number of pyridine rings is 1. The van der Waals surface area contributed by atoms with Crippen LogP contribution in [-0.4, -0.2) is 41.7 Å². The van der Waals surface area contributed by atoms with Gasteiger partial charge in [-0.25, -0.2) is 18.2 Å². The molecule has 0 saturated carbocycles. The van der Waals surface area contributed by atoms with Crippen LogP contribution in [0.25, 0.3) is 16.7 Å². The van der Waals surface area contributed by atoms with Crippen LogP contribution in [0.5, 0.6) is 0 Å². The molecule has 2 aromatic heterocycles. The van der Waals surface area contributed by atoms with Gasteiger partial charge in [-0.15, -0.1) is 0 Å². The van der Waals surface area contributed by atoms with Crippen molar-refractivity contribution in [1.29, 1.82) is 0 Å². The SMILES string of the molecule is CCOC(=O)c1cnn(-c2ccc3ccccc3n2)c1NS(=O)(=O)c1ccc(NC(C)=O)cc1. The predicted octanol–water partition coefficient (Wildman–Crippen LogP) is 3.36. The Morgan fingerprint density at radius 2 is 1.76 bits per heavy atom. The summed E-state index contributed by atoms with van der Waals surface area (Å²) in [7, 11) is -4.13. The molecule has 0 aliphatic heterocycles. The second-order valence-electron chi connectivity index (χ2n) is 7.21. The molecule has 0 spiro atoms. The van der Waals surface area contributed by atoms with Gasteiger partial charge in [0.1, 0.15) is 5.56 Å². The molecule has 2 heterocycles.